The van der Waals surface area contributed by atoms with Gasteiger partial charge >= 0.3 is 5.69 Å². The van der Waals surface area contributed by atoms with Crippen LogP contribution in [0.15, 0.2) is 6.33 Å². The Bertz CT molecular complexity index is 451. The van der Waals surface area contributed by atoms with Gasteiger partial charge < -0.3 is 15.4 Å². The van der Waals surface area contributed by atoms with E-state index in [0.29, 0.717) is 13.1 Å². The van der Waals surface area contributed by atoms with E-state index in [2.05, 4.69) is 20.6 Å². The summed E-state index contributed by atoms with van der Waals surface area (Å²) in [7, 11) is 1.29. The molecule has 1 heterocycles. The summed E-state index contributed by atoms with van der Waals surface area (Å²) in [5.74, 6) is -0.235. The Morgan fingerprint density at radius 2 is 2.22 bits per heavy atom. The first-order valence-electron chi connectivity index (χ1n) is 5.08. The molecule has 0 bridgehead atoms. The fourth-order valence-electron chi connectivity index (χ4n) is 1.23. The minimum atomic E-state index is -0.625. The Kier molecular flexibility index (Phi) is 4.78. The summed E-state index contributed by atoms with van der Waals surface area (Å²) >= 11 is 0. The van der Waals surface area contributed by atoms with E-state index < -0.39 is 4.92 Å². The number of hydrogen-bond donors (Lipinski definition) is 2. The van der Waals surface area contributed by atoms with E-state index >= 15 is 0 Å². The van der Waals surface area contributed by atoms with Crippen molar-refractivity contribution >= 4 is 17.4 Å². The van der Waals surface area contributed by atoms with E-state index in [4.69, 9.17) is 4.74 Å². The van der Waals surface area contributed by atoms with Crippen LogP contribution in [-0.4, -0.2) is 41.0 Å². The molecule has 1 aromatic rings. The summed E-state index contributed by atoms with van der Waals surface area (Å²) in [6.45, 7) is 2.02. The first kappa shape index (κ1) is 13.6. The third kappa shape index (κ3) is 3.54. The van der Waals surface area contributed by atoms with E-state index in [-0.39, 0.29) is 23.3 Å². The molecule has 0 unspecified atom stereocenters. The van der Waals surface area contributed by atoms with Crippen molar-refractivity contribution in [2.75, 3.05) is 25.5 Å². The average Bonchev–Trinajstić information content (AvgIpc) is 2.33. The highest BCUT2D eigenvalue weighted by Crippen LogP contribution is 2.29. The minimum absolute atomic E-state index is 0.0530. The summed E-state index contributed by atoms with van der Waals surface area (Å²) in [6, 6.07) is 0. The molecular weight excluding hydrogens is 242 g/mol. The highest BCUT2D eigenvalue weighted by atomic mass is 16.6. The molecule has 0 atom stereocenters. The number of nitro groups is 1. The Hall–Kier alpha value is -2.45. The number of nitrogens with one attached hydrogen (secondary N) is 2. The van der Waals surface area contributed by atoms with Gasteiger partial charge in [0, 0.05) is 20.0 Å². The summed E-state index contributed by atoms with van der Waals surface area (Å²) in [4.78, 5) is 28.3. The molecule has 0 saturated carbocycles. The predicted octanol–water partition coefficient (Wildman–Crippen LogP) is -0.0586. The Labute approximate surface area is 103 Å². The molecule has 0 radical (unpaired) electrons. The first-order chi connectivity index (χ1) is 8.56. The van der Waals surface area contributed by atoms with Crippen molar-refractivity contribution in [3.8, 4) is 5.88 Å². The lowest BCUT2D eigenvalue weighted by atomic mass is 10.4. The van der Waals surface area contributed by atoms with Gasteiger partial charge in [0.05, 0.1) is 12.0 Å². The van der Waals surface area contributed by atoms with Crippen LogP contribution in [0.1, 0.15) is 6.92 Å². The van der Waals surface area contributed by atoms with Gasteiger partial charge in [0.1, 0.15) is 6.33 Å². The molecular formula is C9H13N5O4. The number of hydrogen-bond acceptors (Lipinski definition) is 7. The van der Waals surface area contributed by atoms with Gasteiger partial charge in [-0.05, 0) is 0 Å². The maximum atomic E-state index is 10.9. The largest absolute Gasteiger partial charge is 0.476 e. The number of carbonyl (C=O) groups is 1. The van der Waals surface area contributed by atoms with Crippen molar-refractivity contribution in [1.82, 2.24) is 15.3 Å². The molecule has 0 spiro atoms. The van der Waals surface area contributed by atoms with Gasteiger partial charge in [-0.2, -0.15) is 4.98 Å². The molecule has 1 rings (SSSR count). The maximum absolute atomic E-state index is 10.9. The van der Waals surface area contributed by atoms with E-state index in [1.165, 1.54) is 14.0 Å². The standard InChI is InChI=1S/C9H13N5O4/c1-6(15)10-3-4-11-8-7(14(16)17)9(18-2)13-5-12-8/h5H,3-4H2,1-2H3,(H,10,15)(H,11,12,13). The third-order valence-corrected chi connectivity index (χ3v) is 1.96. The van der Waals surface area contributed by atoms with Crippen LogP contribution in [0.25, 0.3) is 0 Å². The van der Waals surface area contributed by atoms with Crippen LogP contribution in [0.4, 0.5) is 11.5 Å². The van der Waals surface area contributed by atoms with Crippen LogP contribution in [0.5, 0.6) is 5.88 Å². The van der Waals surface area contributed by atoms with Crippen molar-refractivity contribution in [3.63, 3.8) is 0 Å². The SMILES string of the molecule is COc1ncnc(NCCNC(C)=O)c1[N+](=O)[O-]. The van der Waals surface area contributed by atoms with Crippen LogP contribution in [0, 0.1) is 10.1 Å². The summed E-state index contributed by atoms with van der Waals surface area (Å²) < 4.78 is 4.79. The molecule has 18 heavy (non-hydrogen) atoms. The normalized spacial score (nSPS) is 9.67. The molecule has 98 valence electrons. The molecule has 0 aromatic carbocycles. The molecule has 0 aliphatic heterocycles. The number of aromatic nitrogens is 2. The van der Waals surface area contributed by atoms with Gasteiger partial charge in [-0.15, -0.1) is 0 Å². The Balaban J connectivity index is 2.75. The Morgan fingerprint density at radius 1 is 1.50 bits per heavy atom. The number of ether oxygens (including phenoxy) is 1. The van der Waals surface area contributed by atoms with Crippen molar-refractivity contribution in [2.45, 2.75) is 6.92 Å². The zero-order valence-corrected chi connectivity index (χ0v) is 9.97. The maximum Gasteiger partial charge on any atom is 0.372 e. The topological polar surface area (TPSA) is 119 Å². The summed E-state index contributed by atoms with van der Waals surface area (Å²) in [6.07, 6.45) is 1.16. The highest BCUT2D eigenvalue weighted by Gasteiger charge is 2.23. The van der Waals surface area contributed by atoms with Crippen LogP contribution < -0.4 is 15.4 Å². The molecule has 0 aliphatic rings. The quantitative estimate of drug-likeness (QED) is 0.415. The zero-order valence-electron chi connectivity index (χ0n) is 9.97. The lowest BCUT2D eigenvalue weighted by molar-refractivity contribution is -0.385. The third-order valence-electron chi connectivity index (χ3n) is 1.96. The minimum Gasteiger partial charge on any atom is -0.476 e. The highest BCUT2D eigenvalue weighted by molar-refractivity contribution is 5.72. The summed E-state index contributed by atoms with van der Waals surface area (Å²) in [5, 5.41) is 16.2. The van der Waals surface area contributed by atoms with Gasteiger partial charge in [0.25, 0.3) is 5.88 Å². The van der Waals surface area contributed by atoms with E-state index in [1.54, 1.807) is 0 Å². The average molecular weight is 255 g/mol. The fourth-order valence-corrected chi connectivity index (χ4v) is 1.23. The number of anilines is 1. The molecule has 1 aromatic heterocycles. The second-order valence-corrected chi connectivity index (χ2v) is 3.25. The van der Waals surface area contributed by atoms with Crippen LogP contribution in [-0.2, 0) is 4.79 Å². The molecule has 0 aliphatic carbocycles. The second kappa shape index (κ2) is 6.33. The van der Waals surface area contributed by atoms with Crippen LogP contribution >= 0.6 is 0 Å². The van der Waals surface area contributed by atoms with E-state index in [9.17, 15) is 14.9 Å². The number of nitrogens with zero attached hydrogens (tertiary/aromatic N) is 3. The number of carbonyl (C=O) groups excluding carboxylic acids is 1. The summed E-state index contributed by atoms with van der Waals surface area (Å²) in [5.41, 5.74) is -0.331. The van der Waals surface area contributed by atoms with Crippen molar-refractivity contribution < 1.29 is 14.5 Å². The van der Waals surface area contributed by atoms with E-state index in [0.717, 1.165) is 6.33 Å². The molecule has 1 amide bonds. The van der Waals surface area contributed by atoms with Crippen LogP contribution in [0.2, 0.25) is 0 Å². The van der Waals surface area contributed by atoms with Crippen molar-refractivity contribution in [1.29, 1.82) is 0 Å². The van der Waals surface area contributed by atoms with Gasteiger partial charge in [-0.25, -0.2) is 4.98 Å². The number of rotatable bonds is 6. The number of methoxy groups -OCH3 is 1. The molecule has 2 N–H and O–H groups in total. The van der Waals surface area contributed by atoms with Crippen molar-refractivity contribution in [3.05, 3.63) is 16.4 Å². The molecule has 9 heteroatoms. The lowest BCUT2D eigenvalue weighted by Crippen LogP contribution is -2.26. The van der Waals surface area contributed by atoms with Crippen molar-refractivity contribution in [2.24, 2.45) is 0 Å². The van der Waals surface area contributed by atoms with Gasteiger partial charge in [-0.1, -0.05) is 0 Å². The molecule has 0 saturated heterocycles. The lowest BCUT2D eigenvalue weighted by Gasteiger charge is -2.07. The monoisotopic (exact) mass is 255 g/mol. The van der Waals surface area contributed by atoms with E-state index in [1.807, 2.05) is 0 Å². The first-order valence-corrected chi connectivity index (χ1v) is 5.08. The smallest absolute Gasteiger partial charge is 0.372 e. The molecule has 9 nitrogen and oxygen atoms in total. The number of amides is 1. The second-order valence-electron chi connectivity index (χ2n) is 3.25. The van der Waals surface area contributed by atoms with Gasteiger partial charge in [0.2, 0.25) is 11.7 Å². The van der Waals surface area contributed by atoms with Gasteiger partial charge in [-0.3, -0.25) is 14.9 Å². The zero-order chi connectivity index (χ0) is 13.5. The fraction of sp³-hybridized carbons (Fsp3) is 0.444. The predicted molar refractivity (Wildman–Crippen MR) is 62.4 cm³/mol. The van der Waals surface area contributed by atoms with Crippen LogP contribution in [0.3, 0.4) is 0 Å². The van der Waals surface area contributed by atoms with Gasteiger partial charge in [0.15, 0.2) is 0 Å². The Morgan fingerprint density at radius 3 is 2.78 bits per heavy atom. The molecule has 0 fully saturated rings.